The second kappa shape index (κ2) is 9.66. The number of carbonyl (C=O) groups excluding carboxylic acids is 2. The van der Waals surface area contributed by atoms with E-state index >= 15 is 0 Å². The first-order chi connectivity index (χ1) is 12.9. The summed E-state index contributed by atoms with van der Waals surface area (Å²) >= 11 is 0. The van der Waals surface area contributed by atoms with Crippen molar-refractivity contribution in [3.63, 3.8) is 0 Å². The number of amides is 2. The van der Waals surface area contributed by atoms with Crippen molar-refractivity contribution >= 4 is 29.9 Å². The van der Waals surface area contributed by atoms with Gasteiger partial charge in [-0.3, -0.25) is 9.59 Å². The highest BCUT2D eigenvalue weighted by atomic mass is 35.5. The molecule has 3 rings (SSSR count). The summed E-state index contributed by atoms with van der Waals surface area (Å²) in [6, 6.07) is 4.29. The minimum atomic E-state index is -0.400. The Kier molecular flexibility index (Phi) is 7.53. The molecule has 0 bridgehead atoms. The molecule has 152 valence electrons. The highest BCUT2D eigenvalue weighted by Crippen LogP contribution is 2.21. The van der Waals surface area contributed by atoms with Crippen molar-refractivity contribution in [3.05, 3.63) is 40.7 Å². The third-order valence-corrected chi connectivity index (χ3v) is 4.78. The zero-order chi connectivity index (χ0) is 19.4. The van der Waals surface area contributed by atoms with Crippen LogP contribution in [0.1, 0.15) is 46.1 Å². The molecule has 0 atom stereocenters. The minimum absolute atomic E-state index is 0. The maximum atomic E-state index is 12.3. The lowest BCUT2D eigenvalue weighted by atomic mass is 10.1. The Morgan fingerprint density at radius 1 is 1.18 bits per heavy atom. The number of anilines is 1. The van der Waals surface area contributed by atoms with Crippen molar-refractivity contribution in [2.45, 2.75) is 39.7 Å². The smallest absolute Gasteiger partial charge is 0.273 e. The van der Waals surface area contributed by atoms with Crippen LogP contribution >= 0.6 is 12.4 Å². The number of rotatable bonds is 5. The van der Waals surface area contributed by atoms with Gasteiger partial charge in [-0.05, 0) is 57.8 Å². The maximum absolute atomic E-state index is 12.3. The minimum Gasteiger partial charge on any atom is -0.342 e. The lowest BCUT2D eigenvalue weighted by Gasteiger charge is -2.22. The highest BCUT2D eigenvalue weighted by molar-refractivity contribution is 5.98. The van der Waals surface area contributed by atoms with Crippen LogP contribution in [-0.4, -0.2) is 46.4 Å². The number of piperidine rings is 1. The molecule has 0 aliphatic carbocycles. The molecule has 2 amide bonds. The highest BCUT2D eigenvalue weighted by Gasteiger charge is 2.19. The van der Waals surface area contributed by atoms with Crippen LogP contribution in [0.25, 0.3) is 0 Å². The number of hydrogen-bond acceptors (Lipinski definition) is 5. The van der Waals surface area contributed by atoms with Gasteiger partial charge in [-0.1, -0.05) is 22.9 Å². The third-order valence-electron chi connectivity index (χ3n) is 4.78. The summed E-state index contributed by atoms with van der Waals surface area (Å²) in [6.07, 6.45) is 3.57. The largest absolute Gasteiger partial charge is 0.342 e. The van der Waals surface area contributed by atoms with E-state index in [-0.39, 0.29) is 36.6 Å². The standard InChI is InChI=1S/C19H26N6O2.ClH/c1-12-8-13(2)18(14(3)9-12)22-17(26)10-21-19(27)16-11-25(24-23-16)15-4-6-20-7-5-15;/h8-9,11,15,20H,4-7,10H2,1-3H3,(H,21,27)(H,22,26);1H. The van der Waals surface area contributed by atoms with Crippen LogP contribution < -0.4 is 16.0 Å². The van der Waals surface area contributed by atoms with Gasteiger partial charge in [0.05, 0.1) is 18.8 Å². The molecule has 1 aliphatic rings. The molecule has 3 N–H and O–H groups in total. The predicted molar refractivity (Wildman–Crippen MR) is 110 cm³/mol. The number of nitrogens with zero attached hydrogens (tertiary/aromatic N) is 3. The van der Waals surface area contributed by atoms with Crippen LogP contribution in [0, 0.1) is 20.8 Å². The SMILES string of the molecule is Cc1cc(C)c(NC(=O)CNC(=O)c2cn(C3CCNCC3)nn2)c(C)c1.Cl. The van der Waals surface area contributed by atoms with Gasteiger partial charge < -0.3 is 16.0 Å². The van der Waals surface area contributed by atoms with Gasteiger partial charge in [0.25, 0.3) is 5.91 Å². The van der Waals surface area contributed by atoms with Crippen LogP contribution in [-0.2, 0) is 4.79 Å². The second-order valence-electron chi connectivity index (χ2n) is 7.07. The van der Waals surface area contributed by atoms with Crippen LogP contribution in [0.4, 0.5) is 5.69 Å². The van der Waals surface area contributed by atoms with Gasteiger partial charge in [0.2, 0.25) is 5.91 Å². The third kappa shape index (κ3) is 5.30. The van der Waals surface area contributed by atoms with E-state index in [0.29, 0.717) is 0 Å². The molecule has 0 unspecified atom stereocenters. The van der Waals surface area contributed by atoms with Crippen LogP contribution in [0.3, 0.4) is 0 Å². The van der Waals surface area contributed by atoms with Gasteiger partial charge in [0, 0.05) is 5.69 Å². The van der Waals surface area contributed by atoms with Crippen molar-refractivity contribution in [1.82, 2.24) is 25.6 Å². The van der Waals surface area contributed by atoms with Gasteiger partial charge in [-0.15, -0.1) is 17.5 Å². The van der Waals surface area contributed by atoms with Gasteiger partial charge in [0.1, 0.15) is 0 Å². The molecule has 9 heteroatoms. The van der Waals surface area contributed by atoms with Gasteiger partial charge >= 0.3 is 0 Å². The quantitative estimate of drug-likeness (QED) is 0.704. The molecule has 1 saturated heterocycles. The molecule has 2 heterocycles. The molecule has 1 fully saturated rings. The average molecular weight is 407 g/mol. The molecule has 0 saturated carbocycles. The Bertz CT molecular complexity index is 822. The van der Waals surface area contributed by atoms with Crippen molar-refractivity contribution < 1.29 is 9.59 Å². The summed E-state index contributed by atoms with van der Waals surface area (Å²) in [5.74, 6) is -0.674. The molecule has 1 aliphatic heterocycles. The predicted octanol–water partition coefficient (Wildman–Crippen LogP) is 1.92. The number of halogens is 1. The van der Waals surface area contributed by atoms with Crippen LogP contribution in [0.2, 0.25) is 0 Å². The van der Waals surface area contributed by atoms with Crippen molar-refractivity contribution in [2.24, 2.45) is 0 Å². The van der Waals surface area contributed by atoms with Crippen LogP contribution in [0.15, 0.2) is 18.3 Å². The molecule has 1 aromatic carbocycles. The summed E-state index contributed by atoms with van der Waals surface area (Å²) in [5.41, 5.74) is 4.16. The Morgan fingerprint density at radius 3 is 2.46 bits per heavy atom. The normalized spacial score (nSPS) is 14.2. The number of aryl methyl sites for hydroxylation is 3. The van der Waals surface area contributed by atoms with Gasteiger partial charge in [-0.2, -0.15) is 0 Å². The number of hydrogen-bond donors (Lipinski definition) is 3. The molecule has 2 aromatic rings. The molecule has 8 nitrogen and oxygen atoms in total. The van der Waals surface area contributed by atoms with Crippen LogP contribution in [0.5, 0.6) is 0 Å². The summed E-state index contributed by atoms with van der Waals surface area (Å²) in [7, 11) is 0. The Hall–Kier alpha value is -2.45. The molecular formula is C19H27ClN6O2. The van der Waals surface area contributed by atoms with E-state index in [2.05, 4.69) is 26.3 Å². The fraction of sp³-hybridized carbons (Fsp3) is 0.474. The van der Waals surface area contributed by atoms with Crippen molar-refractivity contribution in [2.75, 3.05) is 25.0 Å². The van der Waals surface area contributed by atoms with Crippen molar-refractivity contribution in [1.29, 1.82) is 0 Å². The van der Waals surface area contributed by atoms with Gasteiger partial charge in [-0.25, -0.2) is 4.68 Å². The lowest BCUT2D eigenvalue weighted by molar-refractivity contribution is -0.115. The fourth-order valence-corrected chi connectivity index (χ4v) is 3.44. The summed E-state index contributed by atoms with van der Waals surface area (Å²) in [5, 5.41) is 16.8. The second-order valence-corrected chi connectivity index (χ2v) is 7.07. The fourth-order valence-electron chi connectivity index (χ4n) is 3.44. The number of benzene rings is 1. The molecular weight excluding hydrogens is 380 g/mol. The molecule has 0 radical (unpaired) electrons. The van der Waals surface area contributed by atoms with E-state index in [0.717, 1.165) is 48.3 Å². The Balaban J connectivity index is 0.00000280. The van der Waals surface area contributed by atoms with Gasteiger partial charge in [0.15, 0.2) is 5.69 Å². The topological polar surface area (TPSA) is 101 Å². The van der Waals surface area contributed by atoms with E-state index in [1.807, 2.05) is 32.9 Å². The molecule has 1 aromatic heterocycles. The maximum Gasteiger partial charge on any atom is 0.273 e. The summed E-state index contributed by atoms with van der Waals surface area (Å²) in [6.45, 7) is 7.67. The van der Waals surface area contributed by atoms with E-state index < -0.39 is 5.91 Å². The monoisotopic (exact) mass is 406 g/mol. The first-order valence-electron chi connectivity index (χ1n) is 9.22. The zero-order valence-corrected chi connectivity index (χ0v) is 17.2. The summed E-state index contributed by atoms with van der Waals surface area (Å²) < 4.78 is 1.74. The number of nitrogens with one attached hydrogen (secondary N) is 3. The number of aromatic nitrogens is 3. The van der Waals surface area contributed by atoms with Crippen molar-refractivity contribution in [3.8, 4) is 0 Å². The lowest BCUT2D eigenvalue weighted by Crippen LogP contribution is -2.33. The van der Waals surface area contributed by atoms with E-state index in [4.69, 9.17) is 0 Å². The van der Waals surface area contributed by atoms with E-state index in [9.17, 15) is 9.59 Å². The summed E-state index contributed by atoms with van der Waals surface area (Å²) in [4.78, 5) is 24.5. The average Bonchev–Trinajstić information content (AvgIpc) is 3.14. The molecule has 0 spiro atoms. The van der Waals surface area contributed by atoms with E-state index in [1.54, 1.807) is 10.9 Å². The van der Waals surface area contributed by atoms with E-state index in [1.165, 1.54) is 0 Å². The Morgan fingerprint density at radius 2 is 1.82 bits per heavy atom. The first-order valence-corrected chi connectivity index (χ1v) is 9.22. The Labute approximate surface area is 170 Å². The number of carbonyl (C=O) groups is 2. The zero-order valence-electron chi connectivity index (χ0n) is 16.4. The first kappa shape index (κ1) is 21.8. The molecule has 28 heavy (non-hydrogen) atoms.